The van der Waals surface area contributed by atoms with Crippen LogP contribution in [0, 0.1) is 0 Å². The van der Waals surface area contributed by atoms with Crippen molar-refractivity contribution < 1.29 is 14.6 Å². The Hall–Kier alpha value is -2.00. The molecule has 0 aromatic heterocycles. The molecule has 20 heavy (non-hydrogen) atoms. The van der Waals surface area contributed by atoms with E-state index in [1.54, 1.807) is 31.4 Å². The van der Waals surface area contributed by atoms with Gasteiger partial charge < -0.3 is 9.84 Å². The molecule has 104 valence electrons. The molecule has 0 heterocycles. The van der Waals surface area contributed by atoms with Crippen molar-refractivity contribution in [3.05, 3.63) is 64.7 Å². The van der Waals surface area contributed by atoms with Gasteiger partial charge in [-0.25, -0.2) is 0 Å². The molecule has 0 fully saturated rings. The van der Waals surface area contributed by atoms with E-state index < -0.39 is 11.9 Å². The second kappa shape index (κ2) is 6.44. The first-order valence-corrected chi connectivity index (χ1v) is 6.59. The third kappa shape index (κ3) is 3.52. The molecule has 0 amide bonds. The minimum absolute atomic E-state index is 0.432. The molecule has 0 radical (unpaired) electrons. The maximum absolute atomic E-state index is 11.5. The van der Waals surface area contributed by atoms with Crippen LogP contribution in [0.1, 0.15) is 17.0 Å². The quantitative estimate of drug-likeness (QED) is 0.912. The number of ether oxygens (including phenoxy) is 1. The SMILES string of the molecule is COc1ccc(CC(C(=O)O)c2ccc(Cl)cc2)cc1. The van der Waals surface area contributed by atoms with Crippen LogP contribution in [0.5, 0.6) is 5.75 Å². The Balaban J connectivity index is 2.20. The average Bonchev–Trinajstić information content (AvgIpc) is 2.46. The van der Waals surface area contributed by atoms with Crippen molar-refractivity contribution in [2.24, 2.45) is 0 Å². The van der Waals surface area contributed by atoms with Gasteiger partial charge in [0, 0.05) is 5.02 Å². The summed E-state index contributed by atoms with van der Waals surface area (Å²) in [6.45, 7) is 0. The fraction of sp³-hybridized carbons (Fsp3) is 0.188. The molecule has 3 nitrogen and oxygen atoms in total. The van der Waals surface area contributed by atoms with Crippen LogP contribution in [0.2, 0.25) is 5.02 Å². The Bertz CT molecular complexity index is 576. The summed E-state index contributed by atoms with van der Waals surface area (Å²) in [5, 5.41) is 10.00. The lowest BCUT2D eigenvalue weighted by atomic mass is 9.92. The summed E-state index contributed by atoms with van der Waals surface area (Å²) in [7, 11) is 1.60. The number of carboxylic acid groups (broad SMARTS) is 1. The molecule has 0 aliphatic rings. The zero-order valence-corrected chi connectivity index (χ0v) is 11.8. The minimum Gasteiger partial charge on any atom is -0.497 e. The van der Waals surface area contributed by atoms with E-state index in [1.807, 2.05) is 24.3 Å². The van der Waals surface area contributed by atoms with Crippen molar-refractivity contribution in [1.82, 2.24) is 0 Å². The lowest BCUT2D eigenvalue weighted by Gasteiger charge is -2.13. The summed E-state index contributed by atoms with van der Waals surface area (Å²) in [5.74, 6) is -0.670. The van der Waals surface area contributed by atoms with E-state index in [0.717, 1.165) is 16.9 Å². The predicted octanol–water partition coefficient (Wildman–Crippen LogP) is 3.76. The first kappa shape index (κ1) is 14.4. The smallest absolute Gasteiger partial charge is 0.311 e. The molecule has 0 saturated carbocycles. The molecule has 1 N–H and O–H groups in total. The monoisotopic (exact) mass is 290 g/mol. The lowest BCUT2D eigenvalue weighted by Crippen LogP contribution is -2.14. The van der Waals surface area contributed by atoms with Crippen molar-refractivity contribution in [2.45, 2.75) is 12.3 Å². The topological polar surface area (TPSA) is 46.5 Å². The van der Waals surface area contributed by atoms with Gasteiger partial charge >= 0.3 is 5.97 Å². The zero-order chi connectivity index (χ0) is 14.5. The van der Waals surface area contributed by atoms with Crippen molar-refractivity contribution in [3.63, 3.8) is 0 Å². The Labute approximate surface area is 122 Å². The third-order valence-corrected chi connectivity index (χ3v) is 3.42. The van der Waals surface area contributed by atoms with Gasteiger partial charge in [-0.15, -0.1) is 0 Å². The van der Waals surface area contributed by atoms with Crippen molar-refractivity contribution in [3.8, 4) is 5.75 Å². The van der Waals surface area contributed by atoms with Gasteiger partial charge in [0.2, 0.25) is 0 Å². The Morgan fingerprint density at radius 1 is 1.15 bits per heavy atom. The van der Waals surface area contributed by atoms with Crippen LogP contribution in [0.15, 0.2) is 48.5 Å². The van der Waals surface area contributed by atoms with Crippen LogP contribution in [0.3, 0.4) is 0 Å². The summed E-state index contributed by atoms with van der Waals surface area (Å²) in [5.41, 5.74) is 1.70. The maximum Gasteiger partial charge on any atom is 0.311 e. The van der Waals surface area contributed by atoms with Gasteiger partial charge in [-0.05, 0) is 41.8 Å². The van der Waals surface area contributed by atoms with Gasteiger partial charge in [0.05, 0.1) is 13.0 Å². The average molecular weight is 291 g/mol. The van der Waals surface area contributed by atoms with E-state index in [0.29, 0.717) is 11.4 Å². The molecular weight excluding hydrogens is 276 g/mol. The molecule has 1 unspecified atom stereocenters. The number of hydrogen-bond acceptors (Lipinski definition) is 2. The van der Waals surface area contributed by atoms with Crippen LogP contribution in [0.25, 0.3) is 0 Å². The Kier molecular flexibility index (Phi) is 4.64. The van der Waals surface area contributed by atoms with E-state index in [4.69, 9.17) is 16.3 Å². The van der Waals surface area contributed by atoms with Crippen LogP contribution < -0.4 is 4.74 Å². The van der Waals surface area contributed by atoms with Crippen LogP contribution in [-0.2, 0) is 11.2 Å². The van der Waals surface area contributed by atoms with Crippen molar-refractivity contribution in [1.29, 1.82) is 0 Å². The van der Waals surface area contributed by atoms with Crippen LogP contribution >= 0.6 is 11.6 Å². The summed E-state index contributed by atoms with van der Waals surface area (Å²) < 4.78 is 5.09. The highest BCUT2D eigenvalue weighted by Crippen LogP contribution is 2.24. The van der Waals surface area contributed by atoms with E-state index in [-0.39, 0.29) is 0 Å². The lowest BCUT2D eigenvalue weighted by molar-refractivity contribution is -0.138. The second-order valence-corrected chi connectivity index (χ2v) is 4.93. The van der Waals surface area contributed by atoms with Gasteiger partial charge in [0.15, 0.2) is 0 Å². The van der Waals surface area contributed by atoms with E-state index in [9.17, 15) is 9.90 Å². The number of benzene rings is 2. The molecule has 1 atom stereocenters. The zero-order valence-electron chi connectivity index (χ0n) is 11.0. The molecule has 2 aromatic carbocycles. The molecule has 0 saturated heterocycles. The minimum atomic E-state index is -0.844. The van der Waals surface area contributed by atoms with E-state index in [1.165, 1.54) is 0 Å². The van der Waals surface area contributed by atoms with Crippen LogP contribution in [0.4, 0.5) is 0 Å². The summed E-state index contributed by atoms with van der Waals surface area (Å²) in [6.07, 6.45) is 0.432. The Morgan fingerprint density at radius 3 is 2.25 bits per heavy atom. The largest absolute Gasteiger partial charge is 0.497 e. The number of carboxylic acids is 1. The molecule has 4 heteroatoms. The van der Waals surface area contributed by atoms with Gasteiger partial charge in [-0.3, -0.25) is 4.79 Å². The normalized spacial score (nSPS) is 11.9. The van der Waals surface area contributed by atoms with Crippen molar-refractivity contribution in [2.75, 3.05) is 7.11 Å². The number of carbonyl (C=O) groups is 1. The van der Waals surface area contributed by atoms with Crippen LogP contribution in [-0.4, -0.2) is 18.2 Å². The molecule has 0 spiro atoms. The number of rotatable bonds is 5. The van der Waals surface area contributed by atoms with E-state index >= 15 is 0 Å². The van der Waals surface area contributed by atoms with Crippen molar-refractivity contribution >= 4 is 17.6 Å². The first-order valence-electron chi connectivity index (χ1n) is 6.21. The Morgan fingerprint density at radius 2 is 1.75 bits per heavy atom. The van der Waals surface area contributed by atoms with E-state index in [2.05, 4.69) is 0 Å². The highest BCUT2D eigenvalue weighted by Gasteiger charge is 2.20. The highest BCUT2D eigenvalue weighted by atomic mass is 35.5. The van der Waals surface area contributed by atoms with Gasteiger partial charge in [-0.1, -0.05) is 35.9 Å². The summed E-state index contributed by atoms with van der Waals surface area (Å²) in [6, 6.07) is 14.3. The second-order valence-electron chi connectivity index (χ2n) is 4.49. The van der Waals surface area contributed by atoms with Gasteiger partial charge in [-0.2, -0.15) is 0 Å². The summed E-state index contributed by atoms with van der Waals surface area (Å²) >= 11 is 5.83. The molecule has 0 aliphatic carbocycles. The molecule has 0 bridgehead atoms. The fourth-order valence-corrected chi connectivity index (χ4v) is 2.17. The molecule has 2 aromatic rings. The number of halogens is 1. The summed E-state index contributed by atoms with van der Waals surface area (Å²) in [4.78, 5) is 11.5. The van der Waals surface area contributed by atoms with Gasteiger partial charge in [0.25, 0.3) is 0 Å². The number of hydrogen-bond donors (Lipinski definition) is 1. The standard InChI is InChI=1S/C16H15ClO3/c1-20-14-8-2-11(3-9-14)10-15(16(18)19)12-4-6-13(17)7-5-12/h2-9,15H,10H2,1H3,(H,18,19). The number of methoxy groups -OCH3 is 1. The highest BCUT2D eigenvalue weighted by molar-refractivity contribution is 6.30. The number of aliphatic carboxylic acids is 1. The third-order valence-electron chi connectivity index (χ3n) is 3.17. The maximum atomic E-state index is 11.5. The van der Waals surface area contributed by atoms with Gasteiger partial charge in [0.1, 0.15) is 5.75 Å². The molecule has 2 rings (SSSR count). The fourth-order valence-electron chi connectivity index (χ4n) is 2.04. The predicted molar refractivity (Wildman–Crippen MR) is 78.5 cm³/mol. The molecular formula is C16H15ClO3. The first-order chi connectivity index (χ1) is 9.60. The molecule has 0 aliphatic heterocycles.